The second-order valence-electron chi connectivity index (χ2n) is 3.92. The predicted molar refractivity (Wildman–Crippen MR) is 69.0 cm³/mol. The van der Waals surface area contributed by atoms with E-state index in [4.69, 9.17) is 9.76 Å². The fourth-order valence-corrected chi connectivity index (χ4v) is 1.54. The van der Waals surface area contributed by atoms with Crippen molar-refractivity contribution >= 4 is 12.9 Å². The largest absolute Gasteiger partial charge is 0.450 e. The van der Waals surface area contributed by atoms with Crippen molar-refractivity contribution in [3.8, 4) is 11.6 Å². The van der Waals surface area contributed by atoms with Gasteiger partial charge in [-0.05, 0) is 35.6 Å². The van der Waals surface area contributed by atoms with Gasteiger partial charge < -0.3 is 14.9 Å². The average Bonchev–Trinajstić information content (AvgIpc) is 2.41. The van der Waals surface area contributed by atoms with Crippen LogP contribution in [-0.4, -0.2) is 22.6 Å². The number of pyridine rings is 1. The Kier molecular flexibility index (Phi) is 3.97. The van der Waals surface area contributed by atoms with Crippen LogP contribution in [0.25, 0.3) is 0 Å². The Balaban J connectivity index is 2.21. The van der Waals surface area contributed by atoms with Crippen molar-refractivity contribution in [3.63, 3.8) is 0 Å². The molecule has 18 heavy (non-hydrogen) atoms. The summed E-state index contributed by atoms with van der Waals surface area (Å²) >= 11 is 0. The van der Waals surface area contributed by atoms with Gasteiger partial charge in [-0.15, -0.1) is 0 Å². The van der Waals surface area contributed by atoms with Gasteiger partial charge in [-0.2, -0.15) is 0 Å². The molecule has 4 nitrogen and oxygen atoms in total. The van der Waals surface area contributed by atoms with Gasteiger partial charge in [0.2, 0.25) is 5.88 Å². The standard InChI is InChI=1S/C13H13BNO3/c1-9-2-5-13(15-7-9)18-11-3-4-12(14-17)10(6-11)8-16/h2-7,16-17H,8H2,1H3. The molecular weight excluding hydrogens is 229 g/mol. The molecule has 0 bridgehead atoms. The predicted octanol–water partition coefficient (Wildman–Crippen LogP) is 0.911. The normalized spacial score (nSPS) is 10.2. The lowest BCUT2D eigenvalue weighted by Crippen LogP contribution is -2.18. The molecule has 1 radical (unpaired) electrons. The van der Waals surface area contributed by atoms with E-state index in [-0.39, 0.29) is 6.61 Å². The number of rotatable bonds is 4. The third kappa shape index (κ3) is 2.88. The van der Waals surface area contributed by atoms with Crippen molar-refractivity contribution in [2.45, 2.75) is 13.5 Å². The Morgan fingerprint density at radius 2 is 2.11 bits per heavy atom. The third-order valence-corrected chi connectivity index (χ3v) is 2.53. The zero-order chi connectivity index (χ0) is 13.0. The highest BCUT2D eigenvalue weighted by Gasteiger charge is 2.05. The summed E-state index contributed by atoms with van der Waals surface area (Å²) in [5.74, 6) is 1.06. The molecule has 0 atom stereocenters. The highest BCUT2D eigenvalue weighted by atomic mass is 16.5. The Labute approximate surface area is 106 Å². The Morgan fingerprint density at radius 1 is 1.28 bits per heavy atom. The lowest BCUT2D eigenvalue weighted by molar-refractivity contribution is 0.282. The maximum Gasteiger partial charge on any atom is 0.327 e. The van der Waals surface area contributed by atoms with Crippen LogP contribution < -0.4 is 10.2 Å². The van der Waals surface area contributed by atoms with E-state index < -0.39 is 0 Å². The van der Waals surface area contributed by atoms with Gasteiger partial charge in [0.05, 0.1) is 6.61 Å². The van der Waals surface area contributed by atoms with Gasteiger partial charge in [0.15, 0.2) is 0 Å². The highest BCUT2D eigenvalue weighted by molar-refractivity contribution is 6.46. The molecule has 1 aromatic heterocycles. The van der Waals surface area contributed by atoms with E-state index in [0.29, 0.717) is 22.7 Å². The third-order valence-electron chi connectivity index (χ3n) is 2.53. The van der Waals surface area contributed by atoms with E-state index in [0.717, 1.165) is 13.0 Å². The van der Waals surface area contributed by atoms with Gasteiger partial charge in [-0.3, -0.25) is 0 Å². The molecular formula is C13H13BNO3. The van der Waals surface area contributed by atoms with Crippen molar-refractivity contribution in [2.75, 3.05) is 0 Å². The summed E-state index contributed by atoms with van der Waals surface area (Å²) in [4.78, 5) is 4.13. The molecule has 0 saturated heterocycles. The van der Waals surface area contributed by atoms with Crippen LogP contribution in [0, 0.1) is 6.92 Å². The monoisotopic (exact) mass is 242 g/mol. The van der Waals surface area contributed by atoms with E-state index >= 15 is 0 Å². The van der Waals surface area contributed by atoms with E-state index in [1.54, 1.807) is 30.5 Å². The molecule has 0 aliphatic heterocycles. The van der Waals surface area contributed by atoms with Crippen LogP contribution in [0.1, 0.15) is 11.1 Å². The average molecular weight is 242 g/mol. The van der Waals surface area contributed by atoms with Gasteiger partial charge in [0, 0.05) is 12.3 Å². The van der Waals surface area contributed by atoms with Crippen LogP contribution in [0.5, 0.6) is 11.6 Å². The number of aryl methyl sites for hydroxylation is 1. The van der Waals surface area contributed by atoms with Crippen LogP contribution >= 0.6 is 0 Å². The van der Waals surface area contributed by atoms with Gasteiger partial charge in [0.1, 0.15) is 5.75 Å². The maximum absolute atomic E-state index is 9.17. The number of ether oxygens (including phenoxy) is 1. The summed E-state index contributed by atoms with van der Waals surface area (Å²) in [7, 11) is 0.958. The van der Waals surface area contributed by atoms with Gasteiger partial charge >= 0.3 is 7.48 Å². The van der Waals surface area contributed by atoms with Gasteiger partial charge in [-0.25, -0.2) is 4.98 Å². The van der Waals surface area contributed by atoms with Crippen molar-refractivity contribution in [3.05, 3.63) is 47.7 Å². The quantitative estimate of drug-likeness (QED) is 0.782. The maximum atomic E-state index is 9.17. The van der Waals surface area contributed by atoms with E-state index in [2.05, 4.69) is 4.98 Å². The van der Waals surface area contributed by atoms with Crippen LogP contribution in [0.15, 0.2) is 36.5 Å². The summed E-state index contributed by atoms with van der Waals surface area (Å²) < 4.78 is 5.56. The molecule has 1 aromatic carbocycles. The topological polar surface area (TPSA) is 62.6 Å². The summed E-state index contributed by atoms with van der Waals surface area (Å²) in [6.07, 6.45) is 1.72. The molecule has 5 heteroatoms. The first-order chi connectivity index (χ1) is 8.72. The molecule has 0 aliphatic carbocycles. The molecule has 2 N–H and O–H groups in total. The summed E-state index contributed by atoms with van der Waals surface area (Å²) in [6.45, 7) is 1.79. The molecule has 0 spiro atoms. The van der Waals surface area contributed by atoms with E-state index in [1.165, 1.54) is 0 Å². The zero-order valence-corrected chi connectivity index (χ0v) is 10.00. The van der Waals surface area contributed by atoms with Crippen LogP contribution in [0.4, 0.5) is 0 Å². The highest BCUT2D eigenvalue weighted by Crippen LogP contribution is 2.19. The Bertz CT molecular complexity index is 528. The SMILES string of the molecule is Cc1ccc(Oc2ccc([B]O)c(CO)c2)nc1. The lowest BCUT2D eigenvalue weighted by atomic mass is 9.84. The summed E-state index contributed by atoms with van der Waals surface area (Å²) in [5.41, 5.74) is 2.23. The molecule has 1 heterocycles. The number of aliphatic hydroxyl groups excluding tert-OH is 1. The number of benzene rings is 1. The van der Waals surface area contributed by atoms with Crippen LogP contribution in [-0.2, 0) is 6.61 Å². The summed E-state index contributed by atoms with van der Waals surface area (Å²) in [6, 6.07) is 8.74. The fourth-order valence-electron chi connectivity index (χ4n) is 1.54. The second-order valence-corrected chi connectivity index (χ2v) is 3.92. The zero-order valence-electron chi connectivity index (χ0n) is 10.00. The Morgan fingerprint density at radius 3 is 2.72 bits per heavy atom. The smallest absolute Gasteiger partial charge is 0.327 e. The molecule has 91 valence electrons. The van der Waals surface area contributed by atoms with Gasteiger partial charge in [-0.1, -0.05) is 12.1 Å². The van der Waals surface area contributed by atoms with Crippen molar-refractivity contribution < 1.29 is 14.9 Å². The van der Waals surface area contributed by atoms with E-state index in [1.807, 2.05) is 13.0 Å². The number of hydrogen-bond donors (Lipinski definition) is 2. The van der Waals surface area contributed by atoms with Crippen molar-refractivity contribution in [1.82, 2.24) is 4.98 Å². The number of aliphatic hydroxyl groups is 1. The fraction of sp³-hybridized carbons (Fsp3) is 0.154. The van der Waals surface area contributed by atoms with Gasteiger partial charge in [0.25, 0.3) is 0 Å². The Hall–Kier alpha value is -1.85. The minimum Gasteiger partial charge on any atom is -0.450 e. The van der Waals surface area contributed by atoms with Crippen molar-refractivity contribution in [2.24, 2.45) is 0 Å². The number of aromatic nitrogens is 1. The first-order valence-corrected chi connectivity index (χ1v) is 5.54. The number of hydrogen-bond acceptors (Lipinski definition) is 4. The molecule has 2 rings (SSSR count). The minimum atomic E-state index is -0.162. The number of nitrogens with zero attached hydrogens (tertiary/aromatic N) is 1. The molecule has 2 aromatic rings. The minimum absolute atomic E-state index is 0.162. The first kappa shape index (κ1) is 12.6. The molecule has 0 unspecified atom stereocenters. The first-order valence-electron chi connectivity index (χ1n) is 5.54. The molecule has 0 aliphatic rings. The van der Waals surface area contributed by atoms with Crippen LogP contribution in [0.3, 0.4) is 0 Å². The lowest BCUT2D eigenvalue weighted by Gasteiger charge is -2.08. The second kappa shape index (κ2) is 5.66. The molecule has 0 amide bonds. The van der Waals surface area contributed by atoms with Crippen molar-refractivity contribution in [1.29, 1.82) is 0 Å². The summed E-state index contributed by atoms with van der Waals surface area (Å²) in [5, 5.41) is 18.1. The molecule has 0 fully saturated rings. The van der Waals surface area contributed by atoms with E-state index in [9.17, 15) is 5.11 Å². The van der Waals surface area contributed by atoms with Crippen LogP contribution in [0.2, 0.25) is 0 Å². The molecule has 0 saturated carbocycles.